The lowest BCUT2D eigenvalue weighted by atomic mass is 10.0. The van der Waals surface area contributed by atoms with Gasteiger partial charge in [0.15, 0.2) is 15.6 Å². The van der Waals surface area contributed by atoms with Crippen LogP contribution in [0.4, 0.5) is 0 Å². The molecule has 0 saturated carbocycles. The first-order valence-electron chi connectivity index (χ1n) is 4.78. The Bertz CT molecular complexity index is 456. The highest BCUT2D eigenvalue weighted by molar-refractivity contribution is 7.92. The average Bonchev–Trinajstić information content (AvgIpc) is 1.99. The second-order valence-electron chi connectivity index (χ2n) is 4.44. The van der Waals surface area contributed by atoms with Gasteiger partial charge in [-0.25, -0.2) is 16.8 Å². The van der Waals surface area contributed by atoms with E-state index in [1.165, 1.54) is 13.8 Å². The van der Waals surface area contributed by atoms with Crippen molar-refractivity contribution in [3.05, 3.63) is 0 Å². The number of Topliss-reactive ketones (excluding diaryl/α,β-unsaturated/α-hetero) is 1. The molecule has 0 aromatic carbocycles. The number of carbonyl (C=O) groups is 1. The smallest absolute Gasteiger partial charge is 0.159 e. The van der Waals surface area contributed by atoms with Crippen LogP contribution in [0.3, 0.4) is 0 Å². The molecule has 0 aliphatic carbocycles. The molecule has 7 heteroatoms. The molecule has 0 unspecified atom stereocenters. The minimum atomic E-state index is -3.47. The highest BCUT2D eigenvalue weighted by atomic mass is 32.2. The summed E-state index contributed by atoms with van der Waals surface area (Å²) >= 11 is 0. The third kappa shape index (κ3) is 4.61. The van der Waals surface area contributed by atoms with E-state index in [4.69, 9.17) is 0 Å². The van der Waals surface area contributed by atoms with E-state index in [2.05, 4.69) is 0 Å². The van der Waals surface area contributed by atoms with Crippen molar-refractivity contribution < 1.29 is 21.6 Å². The van der Waals surface area contributed by atoms with Gasteiger partial charge in [0.1, 0.15) is 14.6 Å². The summed E-state index contributed by atoms with van der Waals surface area (Å²) < 4.78 is 42.9. The van der Waals surface area contributed by atoms with Crippen LogP contribution in [0, 0.1) is 0 Å². The Kier molecular flexibility index (Phi) is 4.70. The van der Waals surface area contributed by atoms with E-state index in [0.717, 1.165) is 12.5 Å². The molecule has 0 rings (SSSR count). The van der Waals surface area contributed by atoms with Crippen LogP contribution in [0.5, 0.6) is 0 Å². The first-order valence-corrected chi connectivity index (χ1v) is 8.74. The van der Waals surface area contributed by atoms with Crippen molar-refractivity contribution >= 4 is 25.5 Å². The second-order valence-corrected chi connectivity index (χ2v) is 9.26. The van der Waals surface area contributed by atoms with Gasteiger partial charge in [-0.3, -0.25) is 4.79 Å². The molecular formula is C9H18O5S2. The van der Waals surface area contributed by atoms with Crippen LogP contribution in [0.15, 0.2) is 0 Å². The van der Waals surface area contributed by atoms with Crippen LogP contribution in [0.1, 0.15) is 26.7 Å². The van der Waals surface area contributed by atoms with Crippen molar-refractivity contribution in [3.8, 4) is 0 Å². The minimum absolute atomic E-state index is 0.0346. The zero-order valence-electron chi connectivity index (χ0n) is 9.98. The van der Waals surface area contributed by atoms with Gasteiger partial charge in [-0.2, -0.15) is 0 Å². The molecular weight excluding hydrogens is 252 g/mol. The van der Waals surface area contributed by atoms with Gasteiger partial charge in [0.05, 0.1) is 5.75 Å². The fraction of sp³-hybridized carbons (Fsp3) is 0.889. The predicted octanol–water partition coefficient (Wildman–Crippen LogP) is 0.204. The largest absolute Gasteiger partial charge is 0.298 e. The van der Waals surface area contributed by atoms with E-state index in [-0.39, 0.29) is 18.6 Å². The van der Waals surface area contributed by atoms with Crippen molar-refractivity contribution in [3.63, 3.8) is 0 Å². The standard InChI is InChI=1S/C9H18O5S2/c1-9(2,16(4,13)14)8(10)6-5-7-15(3,11)12/h5-7H2,1-4H3. The molecule has 0 aromatic rings. The van der Waals surface area contributed by atoms with Crippen LogP contribution in [-0.4, -0.2) is 45.6 Å². The molecule has 0 bridgehead atoms. The summed E-state index contributed by atoms with van der Waals surface area (Å²) in [5.41, 5.74) is 0. The number of hydrogen-bond donors (Lipinski definition) is 0. The third-order valence-electron chi connectivity index (χ3n) is 2.52. The normalized spacial score (nSPS) is 13.8. The Morgan fingerprint density at radius 3 is 1.81 bits per heavy atom. The van der Waals surface area contributed by atoms with Gasteiger partial charge in [-0.1, -0.05) is 0 Å². The first kappa shape index (κ1) is 15.6. The van der Waals surface area contributed by atoms with Crippen LogP contribution < -0.4 is 0 Å². The molecule has 0 radical (unpaired) electrons. The van der Waals surface area contributed by atoms with Crippen LogP contribution in [0.25, 0.3) is 0 Å². The molecule has 0 aromatic heterocycles. The maximum atomic E-state index is 11.6. The zero-order chi connectivity index (χ0) is 13.2. The van der Waals surface area contributed by atoms with Gasteiger partial charge in [-0.15, -0.1) is 0 Å². The topological polar surface area (TPSA) is 85.3 Å². The van der Waals surface area contributed by atoms with Crippen LogP contribution in [0.2, 0.25) is 0 Å². The Morgan fingerprint density at radius 1 is 1.06 bits per heavy atom. The number of carbonyl (C=O) groups excluding carboxylic acids is 1. The van der Waals surface area contributed by atoms with Crippen molar-refractivity contribution in [1.82, 2.24) is 0 Å². The summed E-state index contributed by atoms with van der Waals surface area (Å²) in [6.07, 6.45) is 2.21. The van der Waals surface area contributed by atoms with E-state index < -0.39 is 30.2 Å². The molecule has 96 valence electrons. The SMILES string of the molecule is CC(C)(C(=O)CCCS(C)(=O)=O)S(C)(=O)=O. The molecule has 0 spiro atoms. The van der Waals surface area contributed by atoms with E-state index >= 15 is 0 Å². The lowest BCUT2D eigenvalue weighted by Gasteiger charge is -2.20. The van der Waals surface area contributed by atoms with Gasteiger partial charge < -0.3 is 0 Å². The van der Waals surface area contributed by atoms with Gasteiger partial charge in [-0.05, 0) is 20.3 Å². The summed E-state index contributed by atoms with van der Waals surface area (Å²) in [4.78, 5) is 11.6. The van der Waals surface area contributed by atoms with Crippen LogP contribution >= 0.6 is 0 Å². The molecule has 0 N–H and O–H groups in total. The Morgan fingerprint density at radius 2 is 1.50 bits per heavy atom. The van der Waals surface area contributed by atoms with E-state index in [0.29, 0.717) is 0 Å². The average molecular weight is 270 g/mol. The molecule has 0 aliphatic heterocycles. The zero-order valence-corrected chi connectivity index (χ0v) is 11.6. The van der Waals surface area contributed by atoms with E-state index in [9.17, 15) is 21.6 Å². The lowest BCUT2D eigenvalue weighted by Crippen LogP contribution is -2.39. The Balaban J connectivity index is 4.51. The highest BCUT2D eigenvalue weighted by Crippen LogP contribution is 2.19. The molecule has 0 aliphatic rings. The summed E-state index contributed by atoms with van der Waals surface area (Å²) in [6, 6.07) is 0. The summed E-state index contributed by atoms with van der Waals surface area (Å²) in [7, 11) is -6.57. The van der Waals surface area contributed by atoms with Gasteiger partial charge >= 0.3 is 0 Å². The lowest BCUT2D eigenvalue weighted by molar-refractivity contribution is -0.120. The highest BCUT2D eigenvalue weighted by Gasteiger charge is 2.37. The van der Waals surface area contributed by atoms with Crippen LogP contribution in [-0.2, 0) is 24.5 Å². The molecule has 5 nitrogen and oxygen atoms in total. The van der Waals surface area contributed by atoms with Crippen molar-refractivity contribution in [1.29, 1.82) is 0 Å². The summed E-state index contributed by atoms with van der Waals surface area (Å²) in [5, 5.41) is 0. The quantitative estimate of drug-likeness (QED) is 0.688. The van der Waals surface area contributed by atoms with Crippen molar-refractivity contribution in [2.45, 2.75) is 31.4 Å². The molecule has 0 amide bonds. The fourth-order valence-electron chi connectivity index (χ4n) is 1.00. The molecule has 0 heterocycles. The number of sulfone groups is 2. The Hall–Kier alpha value is -0.430. The van der Waals surface area contributed by atoms with Crippen molar-refractivity contribution in [2.75, 3.05) is 18.3 Å². The minimum Gasteiger partial charge on any atom is -0.298 e. The van der Waals surface area contributed by atoms with Crippen molar-refractivity contribution in [2.24, 2.45) is 0 Å². The van der Waals surface area contributed by atoms with Gasteiger partial charge in [0, 0.05) is 18.9 Å². The monoisotopic (exact) mass is 270 g/mol. The predicted molar refractivity (Wildman–Crippen MR) is 62.9 cm³/mol. The molecule has 0 fully saturated rings. The second kappa shape index (κ2) is 4.83. The maximum absolute atomic E-state index is 11.6. The summed E-state index contributed by atoms with van der Waals surface area (Å²) in [6.45, 7) is 2.68. The number of ketones is 1. The number of hydrogen-bond acceptors (Lipinski definition) is 5. The summed E-state index contributed by atoms with van der Waals surface area (Å²) in [5.74, 6) is -0.544. The third-order valence-corrected chi connectivity index (χ3v) is 5.63. The first-order chi connectivity index (χ1) is 6.88. The molecule has 0 saturated heterocycles. The van der Waals surface area contributed by atoms with Gasteiger partial charge in [0.2, 0.25) is 0 Å². The Labute approximate surface area is 97.1 Å². The maximum Gasteiger partial charge on any atom is 0.159 e. The molecule has 0 atom stereocenters. The van der Waals surface area contributed by atoms with E-state index in [1.54, 1.807) is 0 Å². The van der Waals surface area contributed by atoms with Gasteiger partial charge in [0.25, 0.3) is 0 Å². The van der Waals surface area contributed by atoms with E-state index in [1.807, 2.05) is 0 Å². The fourth-order valence-corrected chi connectivity index (χ4v) is 2.19. The molecule has 16 heavy (non-hydrogen) atoms. The number of rotatable bonds is 6.